The molecule has 72 valence electrons. The number of nitrogens with two attached hydrogens (primary N) is 1. The largest absolute Gasteiger partial charge is 0.325 e. The van der Waals surface area contributed by atoms with Gasteiger partial charge in [0, 0.05) is 17.6 Å². The lowest BCUT2D eigenvalue weighted by Crippen LogP contribution is -1.96. The molecule has 0 radical (unpaired) electrons. The van der Waals surface area contributed by atoms with Crippen LogP contribution in [0.15, 0.2) is 23.6 Å². The van der Waals surface area contributed by atoms with Crippen LogP contribution in [0, 0.1) is 6.92 Å². The monoisotopic (exact) mass is 205 g/mol. The maximum absolute atomic E-state index is 5.49. The summed E-state index contributed by atoms with van der Waals surface area (Å²) in [5.41, 5.74) is 8.35. The zero-order valence-electron chi connectivity index (χ0n) is 7.90. The van der Waals surface area contributed by atoms with Crippen LogP contribution in [0.4, 0.5) is 0 Å². The summed E-state index contributed by atoms with van der Waals surface area (Å²) in [6, 6.07) is 5.92. The number of rotatable bonds is 2. The van der Waals surface area contributed by atoms with E-state index in [2.05, 4.69) is 9.97 Å². The molecule has 0 aromatic carbocycles. The Bertz CT molecular complexity index is 436. The third-order valence-electron chi connectivity index (χ3n) is 1.87. The lowest BCUT2D eigenvalue weighted by atomic mass is 10.3. The van der Waals surface area contributed by atoms with Crippen LogP contribution in [0.25, 0.3) is 10.7 Å². The molecule has 3 nitrogen and oxygen atoms in total. The second kappa shape index (κ2) is 3.86. The summed E-state index contributed by atoms with van der Waals surface area (Å²) < 4.78 is 0. The van der Waals surface area contributed by atoms with E-state index in [0.717, 1.165) is 22.1 Å². The second-order valence-electron chi connectivity index (χ2n) is 3.01. The Morgan fingerprint density at radius 3 is 2.86 bits per heavy atom. The van der Waals surface area contributed by atoms with Crippen molar-refractivity contribution in [1.82, 2.24) is 9.97 Å². The van der Waals surface area contributed by atoms with Crippen LogP contribution in [0.5, 0.6) is 0 Å². The van der Waals surface area contributed by atoms with Crippen LogP contribution < -0.4 is 5.73 Å². The molecule has 0 saturated carbocycles. The fraction of sp³-hybridized carbons (Fsp3) is 0.200. The van der Waals surface area contributed by atoms with Crippen molar-refractivity contribution in [2.24, 2.45) is 5.73 Å². The van der Waals surface area contributed by atoms with Crippen molar-refractivity contribution in [1.29, 1.82) is 0 Å². The number of hydrogen-bond donors (Lipinski definition) is 1. The van der Waals surface area contributed by atoms with Gasteiger partial charge in [-0.05, 0) is 19.1 Å². The molecule has 0 aliphatic heterocycles. The van der Waals surface area contributed by atoms with Crippen LogP contribution in [0.3, 0.4) is 0 Å². The number of hydrogen-bond acceptors (Lipinski definition) is 4. The van der Waals surface area contributed by atoms with Crippen LogP contribution in [-0.4, -0.2) is 9.97 Å². The highest BCUT2D eigenvalue weighted by molar-refractivity contribution is 7.13. The Kier molecular flexibility index (Phi) is 2.56. The predicted molar refractivity (Wildman–Crippen MR) is 58.0 cm³/mol. The molecule has 2 heterocycles. The molecular weight excluding hydrogens is 194 g/mol. The summed E-state index contributed by atoms with van der Waals surface area (Å²) in [5.74, 6) is 0. The maximum Gasteiger partial charge on any atom is 0.142 e. The van der Waals surface area contributed by atoms with E-state index < -0.39 is 0 Å². The quantitative estimate of drug-likeness (QED) is 0.815. The fourth-order valence-electron chi connectivity index (χ4n) is 1.18. The van der Waals surface area contributed by atoms with Crippen molar-refractivity contribution in [3.8, 4) is 10.7 Å². The third-order valence-corrected chi connectivity index (χ3v) is 2.78. The first-order valence-corrected chi connectivity index (χ1v) is 5.26. The standard InChI is InChI=1S/C10H11N3S/c1-7-3-2-4-9(12-7)10-13-8(5-11)6-14-10/h2-4,6H,5,11H2,1H3. The van der Waals surface area contributed by atoms with Gasteiger partial charge in [0.05, 0.1) is 11.4 Å². The third kappa shape index (κ3) is 1.81. The molecule has 0 aliphatic carbocycles. The Balaban J connectivity index is 2.39. The minimum Gasteiger partial charge on any atom is -0.325 e. The highest BCUT2D eigenvalue weighted by Gasteiger charge is 2.04. The summed E-state index contributed by atoms with van der Waals surface area (Å²) in [6.07, 6.45) is 0. The van der Waals surface area contributed by atoms with E-state index in [-0.39, 0.29) is 0 Å². The average molecular weight is 205 g/mol. The molecule has 2 aromatic heterocycles. The first-order valence-electron chi connectivity index (χ1n) is 4.38. The molecule has 2 rings (SSSR count). The van der Waals surface area contributed by atoms with E-state index in [1.807, 2.05) is 30.5 Å². The van der Waals surface area contributed by atoms with E-state index in [0.29, 0.717) is 6.54 Å². The average Bonchev–Trinajstić information content (AvgIpc) is 2.66. The van der Waals surface area contributed by atoms with Gasteiger partial charge >= 0.3 is 0 Å². The van der Waals surface area contributed by atoms with Crippen LogP contribution in [0.1, 0.15) is 11.4 Å². The van der Waals surface area contributed by atoms with Gasteiger partial charge in [-0.25, -0.2) is 4.98 Å². The zero-order chi connectivity index (χ0) is 9.97. The maximum atomic E-state index is 5.49. The topological polar surface area (TPSA) is 51.8 Å². The van der Waals surface area contributed by atoms with Crippen LogP contribution in [-0.2, 0) is 6.54 Å². The number of nitrogens with zero attached hydrogens (tertiary/aromatic N) is 2. The molecule has 2 N–H and O–H groups in total. The van der Waals surface area contributed by atoms with Crippen molar-refractivity contribution in [3.05, 3.63) is 35.0 Å². The highest BCUT2D eigenvalue weighted by Crippen LogP contribution is 2.21. The second-order valence-corrected chi connectivity index (χ2v) is 3.87. The van der Waals surface area contributed by atoms with Gasteiger partial charge in [0.1, 0.15) is 5.01 Å². The lowest BCUT2D eigenvalue weighted by Gasteiger charge is -1.96. The van der Waals surface area contributed by atoms with Crippen LogP contribution in [0.2, 0.25) is 0 Å². The molecule has 0 saturated heterocycles. The Morgan fingerprint density at radius 2 is 2.21 bits per heavy atom. The number of pyridine rings is 1. The Morgan fingerprint density at radius 1 is 1.36 bits per heavy atom. The molecule has 0 aliphatic rings. The molecule has 0 bridgehead atoms. The predicted octanol–water partition coefficient (Wildman–Crippen LogP) is 1.97. The van der Waals surface area contributed by atoms with Crippen molar-refractivity contribution in [2.45, 2.75) is 13.5 Å². The SMILES string of the molecule is Cc1cccc(-c2nc(CN)cs2)n1. The van der Waals surface area contributed by atoms with Crippen molar-refractivity contribution < 1.29 is 0 Å². The fourth-order valence-corrected chi connectivity index (χ4v) is 1.98. The van der Waals surface area contributed by atoms with Crippen molar-refractivity contribution >= 4 is 11.3 Å². The van der Waals surface area contributed by atoms with Gasteiger partial charge in [0.2, 0.25) is 0 Å². The van der Waals surface area contributed by atoms with E-state index in [4.69, 9.17) is 5.73 Å². The van der Waals surface area contributed by atoms with Crippen LogP contribution >= 0.6 is 11.3 Å². The highest BCUT2D eigenvalue weighted by atomic mass is 32.1. The van der Waals surface area contributed by atoms with Gasteiger partial charge in [0.25, 0.3) is 0 Å². The molecule has 2 aromatic rings. The summed E-state index contributed by atoms with van der Waals surface area (Å²) in [6.45, 7) is 2.46. The molecule has 0 fully saturated rings. The first kappa shape index (κ1) is 9.30. The minimum absolute atomic E-state index is 0.488. The summed E-state index contributed by atoms with van der Waals surface area (Å²) in [4.78, 5) is 8.77. The van der Waals surface area contributed by atoms with Crippen molar-refractivity contribution in [3.63, 3.8) is 0 Å². The van der Waals surface area contributed by atoms with E-state index in [1.165, 1.54) is 0 Å². The lowest BCUT2D eigenvalue weighted by molar-refractivity contribution is 1.01. The van der Waals surface area contributed by atoms with E-state index in [9.17, 15) is 0 Å². The summed E-state index contributed by atoms with van der Waals surface area (Å²) in [7, 11) is 0. The molecule has 0 spiro atoms. The number of aryl methyl sites for hydroxylation is 1. The van der Waals surface area contributed by atoms with E-state index in [1.54, 1.807) is 11.3 Å². The Hall–Kier alpha value is -1.26. The first-order chi connectivity index (χ1) is 6.79. The van der Waals surface area contributed by atoms with Gasteiger partial charge in [-0.15, -0.1) is 11.3 Å². The summed E-state index contributed by atoms with van der Waals surface area (Å²) in [5, 5.41) is 2.91. The summed E-state index contributed by atoms with van der Waals surface area (Å²) >= 11 is 1.58. The van der Waals surface area contributed by atoms with Gasteiger partial charge in [-0.1, -0.05) is 6.07 Å². The van der Waals surface area contributed by atoms with Gasteiger partial charge in [-0.2, -0.15) is 0 Å². The van der Waals surface area contributed by atoms with Crippen molar-refractivity contribution in [2.75, 3.05) is 0 Å². The molecule has 14 heavy (non-hydrogen) atoms. The normalized spacial score (nSPS) is 10.4. The van der Waals surface area contributed by atoms with Gasteiger partial charge in [-0.3, -0.25) is 4.98 Å². The van der Waals surface area contributed by atoms with E-state index >= 15 is 0 Å². The molecule has 4 heteroatoms. The molecule has 0 atom stereocenters. The molecule has 0 amide bonds. The number of thiazole rings is 1. The minimum atomic E-state index is 0.488. The molecular formula is C10H11N3S. The zero-order valence-corrected chi connectivity index (χ0v) is 8.71. The Labute approximate surface area is 86.6 Å². The molecule has 0 unspecified atom stereocenters. The number of aromatic nitrogens is 2. The van der Waals surface area contributed by atoms with Gasteiger partial charge < -0.3 is 5.73 Å². The smallest absolute Gasteiger partial charge is 0.142 e. The van der Waals surface area contributed by atoms with Gasteiger partial charge in [0.15, 0.2) is 0 Å².